The summed E-state index contributed by atoms with van der Waals surface area (Å²) in [4.78, 5) is 36.7. The molecule has 33 heavy (non-hydrogen) atoms. The van der Waals surface area contributed by atoms with Gasteiger partial charge in [0, 0.05) is 37.3 Å². The predicted octanol–water partition coefficient (Wildman–Crippen LogP) is 2.55. The summed E-state index contributed by atoms with van der Waals surface area (Å²) < 4.78 is 32.2. The van der Waals surface area contributed by atoms with E-state index in [4.69, 9.17) is 16.3 Å². The van der Waals surface area contributed by atoms with Crippen molar-refractivity contribution < 1.29 is 27.7 Å². The Hall–Kier alpha value is -3.02. The largest absolute Gasteiger partial charge is 0.452 e. The van der Waals surface area contributed by atoms with Gasteiger partial charge in [0.25, 0.3) is 11.6 Å². The fraction of sp³-hybridized carbons (Fsp3) is 0.333. The molecule has 1 fully saturated rings. The van der Waals surface area contributed by atoms with Crippen molar-refractivity contribution in [3.05, 3.63) is 68.2 Å². The third-order valence-electron chi connectivity index (χ3n) is 5.24. The van der Waals surface area contributed by atoms with E-state index >= 15 is 0 Å². The second kappa shape index (κ2) is 9.86. The Labute approximate surface area is 195 Å². The molecular weight excluding hydrogens is 474 g/mol. The number of benzene rings is 2. The van der Waals surface area contributed by atoms with Gasteiger partial charge in [-0.25, -0.2) is 13.2 Å². The number of carbonyl (C=O) groups excluding carboxylic acids is 2. The van der Waals surface area contributed by atoms with Gasteiger partial charge < -0.3 is 9.64 Å². The van der Waals surface area contributed by atoms with Gasteiger partial charge in [0.1, 0.15) is 5.56 Å². The first-order chi connectivity index (χ1) is 15.5. The fourth-order valence-electron chi connectivity index (χ4n) is 3.53. The van der Waals surface area contributed by atoms with Crippen molar-refractivity contribution in [3.8, 4) is 0 Å². The van der Waals surface area contributed by atoms with Gasteiger partial charge in [-0.05, 0) is 37.6 Å². The Morgan fingerprint density at radius 2 is 1.76 bits per heavy atom. The van der Waals surface area contributed by atoms with Crippen LogP contribution in [0.1, 0.15) is 21.5 Å². The van der Waals surface area contributed by atoms with Gasteiger partial charge in [-0.15, -0.1) is 0 Å². The van der Waals surface area contributed by atoms with Gasteiger partial charge in [-0.3, -0.25) is 14.9 Å². The summed E-state index contributed by atoms with van der Waals surface area (Å²) in [6.45, 7) is 3.44. The molecule has 1 aliphatic heterocycles. The molecule has 0 N–H and O–H groups in total. The van der Waals surface area contributed by atoms with Crippen LogP contribution in [0.3, 0.4) is 0 Å². The van der Waals surface area contributed by atoms with E-state index in [0.717, 1.165) is 17.7 Å². The summed E-state index contributed by atoms with van der Waals surface area (Å²) >= 11 is 5.73. The first-order valence-corrected chi connectivity index (χ1v) is 11.8. The Balaban J connectivity index is 1.59. The molecule has 0 spiro atoms. The zero-order valence-electron chi connectivity index (χ0n) is 18.0. The number of amides is 1. The molecule has 12 heteroatoms. The lowest BCUT2D eigenvalue weighted by Crippen LogP contribution is -2.51. The molecule has 2 aromatic carbocycles. The molecule has 176 valence electrons. The minimum atomic E-state index is -3.70. The van der Waals surface area contributed by atoms with Crippen molar-refractivity contribution in [1.29, 1.82) is 0 Å². The van der Waals surface area contributed by atoms with Crippen LogP contribution in [0.4, 0.5) is 5.69 Å². The smallest absolute Gasteiger partial charge is 0.345 e. The van der Waals surface area contributed by atoms with Crippen LogP contribution in [0, 0.1) is 24.0 Å². The van der Waals surface area contributed by atoms with Crippen molar-refractivity contribution in [2.75, 3.05) is 32.8 Å². The Kier molecular flexibility index (Phi) is 7.35. The van der Waals surface area contributed by atoms with Gasteiger partial charge in [0.15, 0.2) is 6.61 Å². The lowest BCUT2D eigenvalue weighted by molar-refractivity contribution is -0.385. The summed E-state index contributed by atoms with van der Waals surface area (Å²) in [5, 5.41) is 11.2. The van der Waals surface area contributed by atoms with E-state index in [1.807, 2.05) is 6.92 Å². The molecule has 0 atom stereocenters. The lowest BCUT2D eigenvalue weighted by atomic mass is 10.2. The average Bonchev–Trinajstić information content (AvgIpc) is 2.77. The molecule has 0 unspecified atom stereocenters. The number of ether oxygens (including phenoxy) is 1. The van der Waals surface area contributed by atoms with Crippen LogP contribution in [-0.2, 0) is 19.6 Å². The van der Waals surface area contributed by atoms with Crippen LogP contribution in [0.2, 0.25) is 5.02 Å². The van der Waals surface area contributed by atoms with Crippen LogP contribution in [0.5, 0.6) is 0 Å². The predicted molar refractivity (Wildman–Crippen MR) is 120 cm³/mol. The Morgan fingerprint density at radius 1 is 1.09 bits per heavy atom. The standard InChI is InChI=1S/C21H22ClN3O7S/c1-14-3-6-19(15(2)11-14)33(30,31)24-9-7-23(8-10-24)20(26)13-32-21(27)17-5-4-16(22)12-18(17)25(28)29/h3-6,11-12H,7-10,13H2,1-2H3. The summed E-state index contributed by atoms with van der Waals surface area (Å²) in [5.74, 6) is -1.55. The number of hydrogen-bond acceptors (Lipinski definition) is 7. The molecule has 2 aromatic rings. The molecule has 0 saturated carbocycles. The third kappa shape index (κ3) is 5.49. The number of nitro groups is 1. The molecule has 3 rings (SSSR count). The zero-order chi connectivity index (χ0) is 24.3. The summed E-state index contributed by atoms with van der Waals surface area (Å²) in [6, 6.07) is 8.60. The zero-order valence-corrected chi connectivity index (χ0v) is 19.6. The quantitative estimate of drug-likeness (QED) is 0.342. The first kappa shape index (κ1) is 24.6. The highest BCUT2D eigenvalue weighted by atomic mass is 35.5. The highest BCUT2D eigenvalue weighted by molar-refractivity contribution is 7.89. The van der Waals surface area contributed by atoms with E-state index in [9.17, 15) is 28.1 Å². The number of piperazine rings is 1. The van der Waals surface area contributed by atoms with E-state index in [2.05, 4.69) is 0 Å². The van der Waals surface area contributed by atoms with Crippen molar-refractivity contribution >= 4 is 39.2 Å². The van der Waals surface area contributed by atoms with Crippen LogP contribution in [-0.4, -0.2) is 67.2 Å². The average molecular weight is 496 g/mol. The van der Waals surface area contributed by atoms with Gasteiger partial charge in [0.2, 0.25) is 10.0 Å². The summed E-state index contributed by atoms with van der Waals surface area (Å²) in [5.41, 5.74) is 0.767. The van der Waals surface area contributed by atoms with Crippen molar-refractivity contribution in [2.45, 2.75) is 18.7 Å². The molecule has 0 aromatic heterocycles. The maximum Gasteiger partial charge on any atom is 0.345 e. The second-order valence-electron chi connectivity index (χ2n) is 7.55. The number of nitro benzene ring substituents is 1. The van der Waals surface area contributed by atoms with Crippen LogP contribution in [0.25, 0.3) is 0 Å². The number of hydrogen-bond donors (Lipinski definition) is 0. The van der Waals surface area contributed by atoms with E-state index in [0.29, 0.717) is 5.56 Å². The van der Waals surface area contributed by atoms with E-state index in [-0.39, 0.29) is 41.7 Å². The molecule has 1 amide bonds. The monoisotopic (exact) mass is 495 g/mol. The van der Waals surface area contributed by atoms with Gasteiger partial charge in [-0.1, -0.05) is 29.3 Å². The van der Waals surface area contributed by atoms with Crippen molar-refractivity contribution in [3.63, 3.8) is 0 Å². The summed E-state index contributed by atoms with van der Waals surface area (Å²) in [6.07, 6.45) is 0. The van der Waals surface area contributed by atoms with E-state index < -0.39 is 39.1 Å². The number of aryl methyl sites for hydroxylation is 2. The molecular formula is C21H22ClN3O7S. The SMILES string of the molecule is Cc1ccc(S(=O)(=O)N2CCN(C(=O)COC(=O)c3ccc(Cl)cc3[N+](=O)[O-])CC2)c(C)c1. The minimum absolute atomic E-state index is 0.0861. The van der Waals surface area contributed by atoms with Crippen molar-refractivity contribution in [1.82, 2.24) is 9.21 Å². The number of sulfonamides is 1. The molecule has 1 heterocycles. The topological polar surface area (TPSA) is 127 Å². The second-order valence-corrected chi connectivity index (χ2v) is 9.89. The van der Waals surface area contributed by atoms with E-state index in [1.165, 1.54) is 15.3 Å². The molecule has 1 aliphatic rings. The molecule has 0 radical (unpaired) electrons. The highest BCUT2D eigenvalue weighted by Gasteiger charge is 2.31. The van der Waals surface area contributed by atoms with Gasteiger partial charge in [-0.2, -0.15) is 4.31 Å². The minimum Gasteiger partial charge on any atom is -0.452 e. The lowest BCUT2D eigenvalue weighted by Gasteiger charge is -2.34. The normalized spacial score (nSPS) is 14.7. The Morgan fingerprint density at radius 3 is 2.36 bits per heavy atom. The molecule has 0 aliphatic carbocycles. The summed E-state index contributed by atoms with van der Waals surface area (Å²) in [7, 11) is -3.70. The number of nitrogens with zero attached hydrogens (tertiary/aromatic N) is 3. The number of halogens is 1. The van der Waals surface area contributed by atoms with E-state index in [1.54, 1.807) is 25.1 Å². The van der Waals surface area contributed by atoms with Crippen LogP contribution < -0.4 is 0 Å². The molecule has 10 nitrogen and oxygen atoms in total. The highest BCUT2D eigenvalue weighted by Crippen LogP contribution is 2.24. The van der Waals surface area contributed by atoms with Crippen LogP contribution in [0.15, 0.2) is 41.3 Å². The van der Waals surface area contributed by atoms with Crippen LogP contribution >= 0.6 is 11.6 Å². The number of esters is 1. The third-order valence-corrected chi connectivity index (χ3v) is 7.54. The number of carbonyl (C=O) groups is 2. The molecule has 0 bridgehead atoms. The fourth-order valence-corrected chi connectivity index (χ4v) is 5.32. The molecule has 1 saturated heterocycles. The van der Waals surface area contributed by atoms with Crippen molar-refractivity contribution in [2.24, 2.45) is 0 Å². The number of rotatable bonds is 6. The Bertz CT molecular complexity index is 1210. The van der Waals surface area contributed by atoms with Gasteiger partial charge >= 0.3 is 5.97 Å². The maximum atomic E-state index is 13.0. The van der Waals surface area contributed by atoms with Gasteiger partial charge in [0.05, 0.1) is 9.82 Å². The maximum absolute atomic E-state index is 13.0. The first-order valence-electron chi connectivity index (χ1n) is 9.97.